The van der Waals surface area contributed by atoms with Gasteiger partial charge in [-0.25, -0.2) is 0 Å². The van der Waals surface area contributed by atoms with E-state index >= 15 is 0 Å². The normalized spacial score (nSPS) is 11.2. The van der Waals surface area contributed by atoms with Gasteiger partial charge in [-0.3, -0.25) is 24.0 Å². The zero-order chi connectivity index (χ0) is 38.5. The zero-order valence-corrected chi connectivity index (χ0v) is 33.2. The number of ether oxygens (including phenoxy) is 5. The molecule has 0 saturated heterocycles. The molecule has 0 heterocycles. The molecule has 0 spiro atoms. The van der Waals surface area contributed by atoms with Gasteiger partial charge in [-0.05, 0) is 44.9 Å². The largest absolute Gasteiger partial charge is 0.466 e. The summed E-state index contributed by atoms with van der Waals surface area (Å²) in [5, 5.41) is 10.3. The Kier molecular flexibility index (Phi) is 33.5. The topological polar surface area (TPSA) is 152 Å². The molecule has 0 amide bonds. The lowest BCUT2D eigenvalue weighted by Crippen LogP contribution is -2.42. The van der Waals surface area contributed by atoms with Crippen LogP contribution in [0.3, 0.4) is 0 Å². The third-order valence-corrected chi connectivity index (χ3v) is 8.98. The molecule has 0 radical (unpaired) electrons. The summed E-state index contributed by atoms with van der Waals surface area (Å²) in [5.41, 5.74) is -1.33. The van der Waals surface area contributed by atoms with Crippen molar-refractivity contribution in [3.8, 4) is 0 Å². The van der Waals surface area contributed by atoms with Crippen molar-refractivity contribution in [1.29, 1.82) is 0 Å². The van der Waals surface area contributed by atoms with Gasteiger partial charge in [-0.1, -0.05) is 111 Å². The average molecular weight is 743 g/mol. The molecule has 0 aliphatic heterocycles. The summed E-state index contributed by atoms with van der Waals surface area (Å²) >= 11 is 0. The molecule has 0 aliphatic rings. The smallest absolute Gasteiger partial charge is 0.305 e. The molecule has 0 atom stereocenters. The van der Waals surface area contributed by atoms with Gasteiger partial charge in [-0.15, -0.1) is 0 Å². The van der Waals surface area contributed by atoms with Gasteiger partial charge in [0.1, 0.15) is 19.8 Å². The van der Waals surface area contributed by atoms with Gasteiger partial charge >= 0.3 is 29.8 Å². The van der Waals surface area contributed by atoms with Crippen molar-refractivity contribution >= 4 is 29.8 Å². The van der Waals surface area contributed by atoms with Crippen molar-refractivity contribution in [2.24, 2.45) is 5.41 Å². The molecule has 0 unspecified atom stereocenters. The second-order valence-corrected chi connectivity index (χ2v) is 14.2. The molecule has 0 rings (SSSR count). The van der Waals surface area contributed by atoms with E-state index in [2.05, 4.69) is 13.8 Å². The lowest BCUT2D eigenvalue weighted by Gasteiger charge is -2.30. The van der Waals surface area contributed by atoms with Crippen LogP contribution in [0.2, 0.25) is 0 Å². The Morgan fingerprint density at radius 3 is 0.923 bits per heavy atom. The summed E-state index contributed by atoms with van der Waals surface area (Å²) in [7, 11) is 0. The number of carbonyl (C=O) groups excluding carboxylic acids is 5. The number of unbranched alkanes of at least 4 members (excludes halogenated alkanes) is 16. The molecule has 0 aliphatic carbocycles. The van der Waals surface area contributed by atoms with E-state index in [0.29, 0.717) is 45.3 Å². The first-order chi connectivity index (χ1) is 25.2. The Balaban J connectivity index is 4.56. The highest BCUT2D eigenvalue weighted by Crippen LogP contribution is 2.21. The van der Waals surface area contributed by atoms with Crippen LogP contribution in [0.25, 0.3) is 0 Å². The van der Waals surface area contributed by atoms with Gasteiger partial charge in [0.25, 0.3) is 0 Å². The SMILES string of the molecule is CCCCCCCCCOC(=O)CCCCC(=O)OCC(CO)(COC(=O)CCCCC)COC(=O)CCCCC(=O)OCCCCCCCCC. The minimum atomic E-state index is -1.33. The molecule has 304 valence electrons. The third kappa shape index (κ3) is 30.9. The molecule has 0 aromatic rings. The monoisotopic (exact) mass is 743 g/mol. The van der Waals surface area contributed by atoms with Crippen LogP contribution in [-0.2, 0) is 47.7 Å². The highest BCUT2D eigenvalue weighted by atomic mass is 16.6. The predicted octanol–water partition coefficient (Wildman–Crippen LogP) is 8.88. The Hall–Kier alpha value is -2.69. The standard InChI is InChI=1S/C41H74O11/c1-4-7-10-12-14-16-23-30-48-36(43)26-19-21-28-39(46)51-34-41(32-42,33-50-38(45)25-18-9-6-3)35-52-40(47)29-22-20-27-37(44)49-31-24-17-15-13-11-8-5-2/h42H,4-35H2,1-3H3. The van der Waals surface area contributed by atoms with E-state index in [4.69, 9.17) is 23.7 Å². The van der Waals surface area contributed by atoms with Crippen LogP contribution >= 0.6 is 0 Å². The van der Waals surface area contributed by atoms with Crippen LogP contribution in [0.4, 0.5) is 0 Å². The second-order valence-electron chi connectivity index (χ2n) is 14.2. The van der Waals surface area contributed by atoms with Crippen LogP contribution in [0.15, 0.2) is 0 Å². The summed E-state index contributed by atoms with van der Waals surface area (Å²) in [6.07, 6.45) is 21.1. The molecular weight excluding hydrogens is 668 g/mol. The van der Waals surface area contributed by atoms with E-state index in [0.717, 1.165) is 51.4 Å². The highest BCUT2D eigenvalue weighted by Gasteiger charge is 2.35. The molecule has 0 aromatic carbocycles. The number of hydrogen-bond acceptors (Lipinski definition) is 11. The molecule has 0 aromatic heterocycles. The average Bonchev–Trinajstić information content (AvgIpc) is 3.14. The molecule has 52 heavy (non-hydrogen) atoms. The van der Waals surface area contributed by atoms with E-state index in [9.17, 15) is 29.1 Å². The maximum Gasteiger partial charge on any atom is 0.305 e. The first-order valence-corrected chi connectivity index (χ1v) is 20.6. The maximum absolute atomic E-state index is 12.5. The van der Waals surface area contributed by atoms with Crippen molar-refractivity contribution in [2.45, 2.75) is 188 Å². The predicted molar refractivity (Wildman–Crippen MR) is 201 cm³/mol. The summed E-state index contributed by atoms with van der Waals surface area (Å²) in [5.74, 6) is -2.07. The number of carbonyl (C=O) groups is 5. The molecule has 1 N–H and O–H groups in total. The van der Waals surface area contributed by atoms with Crippen LogP contribution < -0.4 is 0 Å². The van der Waals surface area contributed by atoms with Gasteiger partial charge in [0.15, 0.2) is 0 Å². The summed E-state index contributed by atoms with van der Waals surface area (Å²) < 4.78 is 26.9. The van der Waals surface area contributed by atoms with Crippen molar-refractivity contribution < 1.29 is 52.8 Å². The number of aliphatic hydroxyl groups is 1. The summed E-state index contributed by atoms with van der Waals surface area (Å²) in [4.78, 5) is 61.5. The van der Waals surface area contributed by atoms with Gasteiger partial charge in [0.05, 0.1) is 25.2 Å². The van der Waals surface area contributed by atoms with E-state index in [-0.39, 0.29) is 63.9 Å². The Morgan fingerprint density at radius 2 is 0.615 bits per heavy atom. The molecule has 11 heteroatoms. The van der Waals surface area contributed by atoms with Crippen molar-refractivity contribution in [1.82, 2.24) is 0 Å². The quantitative estimate of drug-likeness (QED) is 0.0369. The maximum atomic E-state index is 12.5. The lowest BCUT2D eigenvalue weighted by atomic mass is 9.92. The first kappa shape index (κ1) is 49.3. The third-order valence-electron chi connectivity index (χ3n) is 8.98. The second kappa shape index (κ2) is 35.3. The Morgan fingerprint density at radius 1 is 0.365 bits per heavy atom. The molecular formula is C41H74O11. The fourth-order valence-corrected chi connectivity index (χ4v) is 5.41. The van der Waals surface area contributed by atoms with Crippen molar-refractivity contribution in [2.75, 3.05) is 39.6 Å². The van der Waals surface area contributed by atoms with Gasteiger partial charge in [-0.2, -0.15) is 0 Å². The minimum Gasteiger partial charge on any atom is -0.466 e. The highest BCUT2D eigenvalue weighted by molar-refractivity contribution is 5.71. The first-order valence-electron chi connectivity index (χ1n) is 20.6. The number of esters is 5. The summed E-state index contributed by atoms with van der Waals surface area (Å²) in [6, 6.07) is 0. The van der Waals surface area contributed by atoms with Crippen molar-refractivity contribution in [3.63, 3.8) is 0 Å². The van der Waals surface area contributed by atoms with Gasteiger partial charge < -0.3 is 28.8 Å². The van der Waals surface area contributed by atoms with Crippen LogP contribution in [0, 0.1) is 5.41 Å². The van der Waals surface area contributed by atoms with Crippen LogP contribution in [-0.4, -0.2) is 74.6 Å². The molecule has 11 nitrogen and oxygen atoms in total. The molecule has 0 saturated carbocycles. The fraction of sp³-hybridized carbons (Fsp3) is 0.878. The summed E-state index contributed by atoms with van der Waals surface area (Å²) in [6.45, 7) is 5.77. The fourth-order valence-electron chi connectivity index (χ4n) is 5.41. The lowest BCUT2D eigenvalue weighted by molar-refractivity contribution is -0.165. The Bertz CT molecular complexity index is 864. The zero-order valence-electron chi connectivity index (χ0n) is 33.2. The Labute approximate surface area is 315 Å². The number of rotatable bonds is 37. The van der Waals surface area contributed by atoms with Crippen molar-refractivity contribution in [3.05, 3.63) is 0 Å². The van der Waals surface area contributed by atoms with Gasteiger partial charge in [0, 0.05) is 32.1 Å². The number of hydrogen-bond donors (Lipinski definition) is 1. The molecule has 0 bridgehead atoms. The molecule has 0 fully saturated rings. The minimum absolute atomic E-state index is 0.0601. The van der Waals surface area contributed by atoms with Crippen LogP contribution in [0.5, 0.6) is 0 Å². The van der Waals surface area contributed by atoms with E-state index < -0.39 is 29.9 Å². The van der Waals surface area contributed by atoms with E-state index in [1.54, 1.807) is 0 Å². The van der Waals surface area contributed by atoms with Gasteiger partial charge in [0.2, 0.25) is 0 Å². The number of aliphatic hydroxyl groups excluding tert-OH is 1. The van der Waals surface area contributed by atoms with E-state index in [1.165, 1.54) is 51.4 Å². The van der Waals surface area contributed by atoms with E-state index in [1.807, 2.05) is 6.92 Å². The van der Waals surface area contributed by atoms with Crippen LogP contribution in [0.1, 0.15) is 188 Å².